The van der Waals surface area contributed by atoms with Gasteiger partial charge in [0.05, 0.1) is 13.2 Å². The molecule has 0 radical (unpaired) electrons. The van der Waals surface area contributed by atoms with Crippen LogP contribution in [0.4, 0.5) is 5.69 Å². The average molecular weight is 555 g/mol. The third-order valence-corrected chi connectivity index (χ3v) is 10.2. The molecule has 2 fully saturated rings. The second-order valence-corrected chi connectivity index (χ2v) is 13.4. The third-order valence-electron chi connectivity index (χ3n) is 10.2. The minimum absolute atomic E-state index is 0.0665. The van der Waals surface area contributed by atoms with E-state index in [4.69, 9.17) is 4.74 Å². The van der Waals surface area contributed by atoms with Crippen molar-refractivity contribution in [1.82, 2.24) is 15.4 Å². The summed E-state index contributed by atoms with van der Waals surface area (Å²) in [6.07, 6.45) is 4.82. The predicted octanol–water partition coefficient (Wildman–Crippen LogP) is 1.40. The Labute approximate surface area is 239 Å². The number of likely N-dealkylation sites (N-methyl/N-ethyl adjacent to an activating group) is 1. The highest BCUT2D eigenvalue weighted by Crippen LogP contribution is 2.67. The molecule has 3 aliphatic heterocycles. The number of aliphatic hydroxyl groups excluding tert-OH is 1. The van der Waals surface area contributed by atoms with Crippen molar-refractivity contribution < 1.29 is 24.8 Å². The van der Waals surface area contributed by atoms with Crippen LogP contribution in [0.15, 0.2) is 24.3 Å². The maximum Gasteiger partial charge on any atom is 0.373 e. The molecule has 5 N–H and O–H groups in total. The number of benzene rings is 1. The number of aliphatic hydroxyl groups is 2. The molecule has 220 valence electrons. The monoisotopic (exact) mass is 554 g/mol. The third kappa shape index (κ3) is 3.90. The molecule has 5 rings (SSSR count). The van der Waals surface area contributed by atoms with Crippen LogP contribution in [0.2, 0.25) is 6.82 Å². The zero-order valence-electron chi connectivity index (χ0n) is 25.1. The van der Waals surface area contributed by atoms with E-state index < -0.39 is 41.5 Å². The first-order valence-electron chi connectivity index (χ1n) is 14.8. The van der Waals surface area contributed by atoms with Crippen LogP contribution in [-0.4, -0.2) is 97.2 Å². The Morgan fingerprint density at radius 3 is 2.60 bits per heavy atom. The fraction of sp³-hybridized carbons (Fsp3) is 0.700. The Morgan fingerprint density at radius 2 is 1.98 bits per heavy atom. The van der Waals surface area contributed by atoms with Crippen LogP contribution < -0.4 is 20.2 Å². The first-order valence-corrected chi connectivity index (χ1v) is 14.8. The second kappa shape index (κ2) is 10.0. The van der Waals surface area contributed by atoms with Crippen molar-refractivity contribution >= 4 is 18.6 Å². The van der Waals surface area contributed by atoms with Crippen LogP contribution in [0, 0.1) is 5.41 Å². The fourth-order valence-corrected chi connectivity index (χ4v) is 8.61. The van der Waals surface area contributed by atoms with Gasteiger partial charge in [0, 0.05) is 48.8 Å². The summed E-state index contributed by atoms with van der Waals surface area (Å²) in [7, 11) is 2.99. The van der Waals surface area contributed by atoms with Crippen molar-refractivity contribution in [3.63, 3.8) is 0 Å². The lowest BCUT2D eigenvalue weighted by Crippen LogP contribution is -2.81. The highest BCUT2D eigenvalue weighted by atomic mass is 16.5. The predicted molar refractivity (Wildman–Crippen MR) is 158 cm³/mol. The van der Waals surface area contributed by atoms with Crippen LogP contribution in [0.3, 0.4) is 0 Å². The molecule has 40 heavy (non-hydrogen) atoms. The smallest absolute Gasteiger partial charge is 0.373 e. The largest absolute Gasteiger partial charge is 0.496 e. The molecule has 0 bridgehead atoms. The van der Waals surface area contributed by atoms with Gasteiger partial charge in [-0.1, -0.05) is 39.8 Å². The van der Waals surface area contributed by atoms with Gasteiger partial charge in [-0.2, -0.15) is 0 Å². The molecule has 1 saturated carbocycles. The number of hydrogen-bond donors (Lipinski definition) is 5. The number of nitrogens with one attached hydrogen (secondary N) is 2. The van der Waals surface area contributed by atoms with Crippen molar-refractivity contribution in [3.05, 3.63) is 35.4 Å². The minimum Gasteiger partial charge on any atom is -0.496 e. The number of carbonyl (C=O) groups is 1. The molecule has 6 atom stereocenters. The molecule has 1 spiro atoms. The van der Waals surface area contributed by atoms with Crippen molar-refractivity contribution in [2.24, 2.45) is 5.41 Å². The molecule has 1 amide bonds. The maximum absolute atomic E-state index is 14.1. The highest BCUT2D eigenvalue weighted by molar-refractivity contribution is 6.45. The van der Waals surface area contributed by atoms with E-state index in [9.17, 15) is 20.0 Å². The van der Waals surface area contributed by atoms with E-state index >= 15 is 0 Å². The number of fused-ring (bicyclic) bond motifs is 1. The van der Waals surface area contributed by atoms with Gasteiger partial charge in [-0.05, 0) is 61.8 Å². The molecule has 3 heterocycles. The molecular formula is C30H47BN4O5. The summed E-state index contributed by atoms with van der Waals surface area (Å²) >= 11 is 0. The standard InChI is InChI=1S/C30H47BN4O5/c1-8-28-11-9-15-35-16-12-29(23(28)35)19-17-20(27(2,3)4)22(40-7)18-21(19)34(6)24(29)30(38,25(28)36)26(37)32-13-10-14-33-31(5)39/h9,11,17-18,23-25,33,36,38-39H,8,10,12-16H2,1-7H3,(H,32,37)/t23?,24?,25?,28?,29?,30-/m0/s1. The zero-order chi connectivity index (χ0) is 29.3. The van der Waals surface area contributed by atoms with Crippen molar-refractivity contribution in [1.29, 1.82) is 0 Å². The first-order chi connectivity index (χ1) is 18.8. The fourth-order valence-electron chi connectivity index (χ4n) is 8.61. The molecule has 1 aromatic rings. The molecule has 5 unspecified atom stereocenters. The van der Waals surface area contributed by atoms with Gasteiger partial charge in [0.1, 0.15) is 11.9 Å². The number of methoxy groups -OCH3 is 1. The number of ether oxygens (including phenoxy) is 1. The van der Waals surface area contributed by atoms with Gasteiger partial charge >= 0.3 is 7.05 Å². The Morgan fingerprint density at radius 1 is 1.25 bits per heavy atom. The molecule has 0 aromatic heterocycles. The Bertz CT molecular complexity index is 1190. The lowest BCUT2D eigenvalue weighted by Gasteiger charge is -2.63. The number of anilines is 1. The normalized spacial score (nSPS) is 34.4. The number of rotatable bonds is 8. The summed E-state index contributed by atoms with van der Waals surface area (Å²) in [6, 6.07) is 3.58. The van der Waals surface area contributed by atoms with Crippen LogP contribution >= 0.6 is 0 Å². The van der Waals surface area contributed by atoms with E-state index in [0.29, 0.717) is 25.9 Å². The number of nitrogens with zero attached hydrogens (tertiary/aromatic N) is 2. The summed E-state index contributed by atoms with van der Waals surface area (Å²) in [5.74, 6) is 0.236. The van der Waals surface area contributed by atoms with Crippen molar-refractivity contribution in [2.75, 3.05) is 45.2 Å². The number of hydrogen-bond acceptors (Lipinski definition) is 8. The number of carbonyl (C=O) groups excluding carboxylic acids is 1. The molecule has 9 nitrogen and oxygen atoms in total. The van der Waals surface area contributed by atoms with Gasteiger partial charge in [-0.15, -0.1) is 0 Å². The Hall–Kier alpha value is -2.11. The Kier molecular flexibility index (Phi) is 7.36. The van der Waals surface area contributed by atoms with Gasteiger partial charge in [0.2, 0.25) is 0 Å². The van der Waals surface area contributed by atoms with Crippen LogP contribution in [0.5, 0.6) is 5.75 Å². The quantitative estimate of drug-likeness (QED) is 0.186. The SMILES string of the molecule is CCC12C=CCN3CCC4(c5cc(C(C)(C)C)c(OC)cc5N(C)C4[C@@](O)(C(=O)NCCCNB(C)O)C1O)C32. The maximum atomic E-state index is 14.1. The van der Waals surface area contributed by atoms with E-state index in [-0.39, 0.29) is 11.5 Å². The van der Waals surface area contributed by atoms with Gasteiger partial charge in [-0.25, -0.2) is 0 Å². The van der Waals surface area contributed by atoms with E-state index in [1.165, 1.54) is 0 Å². The molecular weight excluding hydrogens is 507 g/mol. The lowest BCUT2D eigenvalue weighted by molar-refractivity contribution is -0.203. The zero-order valence-corrected chi connectivity index (χ0v) is 25.1. The summed E-state index contributed by atoms with van der Waals surface area (Å²) in [5, 5.41) is 40.3. The van der Waals surface area contributed by atoms with E-state index in [1.54, 1.807) is 13.9 Å². The summed E-state index contributed by atoms with van der Waals surface area (Å²) in [4.78, 5) is 18.6. The molecule has 1 aliphatic carbocycles. The van der Waals surface area contributed by atoms with Crippen molar-refractivity contribution in [3.8, 4) is 5.75 Å². The molecule has 1 aromatic carbocycles. The first kappa shape index (κ1) is 29.4. The number of amides is 1. The second-order valence-electron chi connectivity index (χ2n) is 13.4. The molecule has 10 heteroatoms. The van der Waals surface area contributed by atoms with Gasteiger partial charge < -0.3 is 35.4 Å². The van der Waals surface area contributed by atoms with E-state index in [2.05, 4.69) is 67.4 Å². The summed E-state index contributed by atoms with van der Waals surface area (Å²) in [6.45, 7) is 12.7. The van der Waals surface area contributed by atoms with Crippen LogP contribution in [-0.2, 0) is 15.6 Å². The van der Waals surface area contributed by atoms with Crippen molar-refractivity contribution in [2.45, 2.75) is 88.4 Å². The van der Waals surface area contributed by atoms with Crippen LogP contribution in [0.1, 0.15) is 58.1 Å². The van der Waals surface area contributed by atoms with Gasteiger partial charge in [0.25, 0.3) is 5.91 Å². The Balaban J connectivity index is 1.68. The average Bonchev–Trinajstić information content (AvgIpc) is 3.41. The summed E-state index contributed by atoms with van der Waals surface area (Å²) in [5.41, 5.74) is -0.448. The molecule has 4 aliphatic rings. The van der Waals surface area contributed by atoms with Crippen LogP contribution in [0.25, 0.3) is 0 Å². The molecule has 1 saturated heterocycles. The topological polar surface area (TPSA) is 118 Å². The van der Waals surface area contributed by atoms with E-state index in [0.717, 1.165) is 42.1 Å². The lowest BCUT2D eigenvalue weighted by atomic mass is 9.47. The highest BCUT2D eigenvalue weighted by Gasteiger charge is 2.78. The van der Waals surface area contributed by atoms with Gasteiger partial charge in [-0.3, -0.25) is 9.69 Å². The van der Waals surface area contributed by atoms with Gasteiger partial charge in [0.15, 0.2) is 5.60 Å². The minimum atomic E-state index is -2.06. The van der Waals surface area contributed by atoms with E-state index in [1.807, 2.05) is 11.9 Å². The summed E-state index contributed by atoms with van der Waals surface area (Å²) < 4.78 is 5.87.